The maximum absolute atomic E-state index is 12.6. The summed E-state index contributed by atoms with van der Waals surface area (Å²) in [5.41, 5.74) is 1.79. The Kier molecular flexibility index (Phi) is 7.04. The number of carbonyl (C=O) groups excluding carboxylic acids is 1. The van der Waals surface area contributed by atoms with Gasteiger partial charge in [0, 0.05) is 10.0 Å². The fourth-order valence-corrected chi connectivity index (χ4v) is 2.95. The fraction of sp³-hybridized carbons (Fsp3) is 0.250. The molecule has 2 aromatic carbocycles. The van der Waals surface area contributed by atoms with E-state index in [1.54, 1.807) is 24.3 Å². The second-order valence-corrected chi connectivity index (χ2v) is 6.58. The van der Waals surface area contributed by atoms with Crippen molar-refractivity contribution >= 4 is 35.1 Å². The number of allylic oxidation sites excluding steroid dienone is 1. The molecule has 0 aliphatic rings. The molecule has 2 aromatic rings. The monoisotopic (exact) mass is 362 g/mol. The van der Waals surface area contributed by atoms with Gasteiger partial charge in [-0.25, -0.2) is 0 Å². The van der Waals surface area contributed by atoms with E-state index >= 15 is 0 Å². The van der Waals surface area contributed by atoms with Gasteiger partial charge in [0.05, 0.1) is 12.0 Å². The van der Waals surface area contributed by atoms with Crippen molar-refractivity contribution in [3.63, 3.8) is 0 Å². The van der Waals surface area contributed by atoms with Crippen molar-refractivity contribution in [1.29, 1.82) is 0 Å². The Morgan fingerprint density at radius 3 is 2.42 bits per heavy atom. The molecule has 2 unspecified atom stereocenters. The lowest BCUT2D eigenvalue weighted by Gasteiger charge is -2.19. The minimum Gasteiger partial charge on any atom is -0.392 e. The zero-order chi connectivity index (χ0) is 17.5. The summed E-state index contributed by atoms with van der Waals surface area (Å²) in [6, 6.07) is 14.6. The fourth-order valence-electron chi connectivity index (χ4n) is 2.54. The summed E-state index contributed by atoms with van der Waals surface area (Å²) >= 11 is 11.9. The van der Waals surface area contributed by atoms with Gasteiger partial charge in [-0.3, -0.25) is 4.79 Å². The molecule has 0 radical (unpaired) electrons. The van der Waals surface area contributed by atoms with Gasteiger partial charge in [0.1, 0.15) is 0 Å². The van der Waals surface area contributed by atoms with E-state index < -0.39 is 12.0 Å². The van der Waals surface area contributed by atoms with Gasteiger partial charge in [0.25, 0.3) is 0 Å². The van der Waals surface area contributed by atoms with E-state index in [4.69, 9.17) is 23.2 Å². The van der Waals surface area contributed by atoms with Gasteiger partial charge in [0.2, 0.25) is 0 Å². The molecule has 2 rings (SSSR count). The number of benzene rings is 2. The van der Waals surface area contributed by atoms with Gasteiger partial charge >= 0.3 is 0 Å². The van der Waals surface area contributed by atoms with E-state index in [2.05, 4.69) is 0 Å². The molecule has 0 saturated carbocycles. The Morgan fingerprint density at radius 1 is 1.12 bits per heavy atom. The molecule has 0 bridgehead atoms. The van der Waals surface area contributed by atoms with Gasteiger partial charge in [-0.1, -0.05) is 60.5 Å². The summed E-state index contributed by atoms with van der Waals surface area (Å²) in [4.78, 5) is 12.6. The van der Waals surface area contributed by atoms with E-state index in [0.29, 0.717) is 22.9 Å². The van der Waals surface area contributed by atoms with Crippen LogP contribution in [0.1, 0.15) is 24.5 Å². The molecule has 0 fully saturated rings. The van der Waals surface area contributed by atoms with Crippen molar-refractivity contribution in [2.45, 2.75) is 25.9 Å². The minimum atomic E-state index is -0.694. The molecule has 0 aromatic heterocycles. The lowest BCUT2D eigenvalue weighted by atomic mass is 9.88. The first kappa shape index (κ1) is 18.7. The lowest BCUT2D eigenvalue weighted by Crippen LogP contribution is -2.28. The van der Waals surface area contributed by atoms with Gasteiger partial charge in [-0.2, -0.15) is 0 Å². The van der Waals surface area contributed by atoms with Gasteiger partial charge in [-0.15, -0.1) is 0 Å². The molecule has 0 aliphatic carbocycles. The highest BCUT2D eigenvalue weighted by molar-refractivity contribution is 6.31. The third kappa shape index (κ3) is 5.48. The Morgan fingerprint density at radius 2 is 1.79 bits per heavy atom. The number of aliphatic hydroxyl groups is 1. The van der Waals surface area contributed by atoms with E-state index in [-0.39, 0.29) is 5.78 Å². The van der Waals surface area contributed by atoms with Crippen LogP contribution in [-0.4, -0.2) is 17.0 Å². The maximum Gasteiger partial charge on any atom is 0.161 e. The minimum absolute atomic E-state index is 0.107. The van der Waals surface area contributed by atoms with Crippen LogP contribution in [0.15, 0.2) is 54.6 Å². The summed E-state index contributed by atoms with van der Waals surface area (Å²) < 4.78 is 0. The third-order valence-corrected chi connectivity index (χ3v) is 4.35. The maximum atomic E-state index is 12.6. The predicted octanol–water partition coefficient (Wildman–Crippen LogP) is 5.21. The number of ketones is 1. The topological polar surface area (TPSA) is 37.3 Å². The summed E-state index contributed by atoms with van der Waals surface area (Å²) in [5, 5.41) is 11.5. The summed E-state index contributed by atoms with van der Waals surface area (Å²) in [6.07, 6.45) is 3.51. The predicted molar refractivity (Wildman–Crippen MR) is 100 cm³/mol. The van der Waals surface area contributed by atoms with Gasteiger partial charge < -0.3 is 5.11 Å². The Labute approximate surface area is 152 Å². The highest BCUT2D eigenvalue weighted by Gasteiger charge is 2.24. The van der Waals surface area contributed by atoms with Crippen LogP contribution < -0.4 is 0 Å². The van der Waals surface area contributed by atoms with Crippen LogP contribution in [0, 0.1) is 5.92 Å². The van der Waals surface area contributed by atoms with Crippen LogP contribution in [0.3, 0.4) is 0 Å². The van der Waals surface area contributed by atoms with E-state index in [0.717, 1.165) is 11.1 Å². The summed E-state index contributed by atoms with van der Waals surface area (Å²) in [7, 11) is 0. The molecular formula is C20H20Cl2O2. The lowest BCUT2D eigenvalue weighted by molar-refractivity contribution is -0.121. The normalized spacial score (nSPS) is 13.8. The molecule has 0 spiro atoms. The van der Waals surface area contributed by atoms with Crippen LogP contribution >= 0.6 is 23.2 Å². The largest absolute Gasteiger partial charge is 0.392 e. The van der Waals surface area contributed by atoms with Gasteiger partial charge in [0.15, 0.2) is 5.78 Å². The van der Waals surface area contributed by atoms with Crippen LogP contribution in [0.4, 0.5) is 0 Å². The van der Waals surface area contributed by atoms with Crippen molar-refractivity contribution < 1.29 is 9.90 Å². The highest BCUT2D eigenvalue weighted by atomic mass is 35.5. The first-order valence-corrected chi connectivity index (χ1v) is 8.65. The quantitative estimate of drug-likeness (QED) is 0.686. The zero-order valence-corrected chi connectivity index (χ0v) is 15.0. The number of hydrogen-bond donors (Lipinski definition) is 1. The van der Waals surface area contributed by atoms with Crippen molar-refractivity contribution in [3.05, 3.63) is 75.8 Å². The zero-order valence-electron chi connectivity index (χ0n) is 13.5. The second kappa shape index (κ2) is 9.03. The average molecular weight is 363 g/mol. The Hall–Kier alpha value is -1.61. The van der Waals surface area contributed by atoms with Crippen molar-refractivity contribution in [2.75, 3.05) is 0 Å². The van der Waals surface area contributed by atoms with Crippen molar-refractivity contribution in [3.8, 4) is 0 Å². The Bertz CT molecular complexity index is 725. The SMILES string of the molecule is CCC(O)C(Cc1cccc(Cl)c1)C(=O)C=Cc1cccc(Cl)c1. The van der Waals surface area contributed by atoms with Crippen LogP contribution in [-0.2, 0) is 11.2 Å². The average Bonchev–Trinajstić information content (AvgIpc) is 2.57. The van der Waals surface area contributed by atoms with E-state index in [9.17, 15) is 9.90 Å². The number of carbonyl (C=O) groups is 1. The van der Waals surface area contributed by atoms with Crippen LogP contribution in [0.5, 0.6) is 0 Å². The number of hydrogen-bond acceptors (Lipinski definition) is 2. The molecule has 126 valence electrons. The molecule has 24 heavy (non-hydrogen) atoms. The smallest absolute Gasteiger partial charge is 0.161 e. The molecule has 0 amide bonds. The first-order valence-electron chi connectivity index (χ1n) is 7.89. The molecule has 2 atom stereocenters. The summed E-state index contributed by atoms with van der Waals surface area (Å²) in [6.45, 7) is 1.86. The molecule has 2 nitrogen and oxygen atoms in total. The molecule has 0 heterocycles. The second-order valence-electron chi connectivity index (χ2n) is 5.71. The number of rotatable bonds is 7. The molecule has 0 saturated heterocycles. The molecule has 1 N–H and O–H groups in total. The van der Waals surface area contributed by atoms with E-state index in [1.165, 1.54) is 6.08 Å². The van der Waals surface area contributed by atoms with Crippen molar-refractivity contribution in [2.24, 2.45) is 5.92 Å². The van der Waals surface area contributed by atoms with E-state index in [1.807, 2.05) is 37.3 Å². The summed E-state index contributed by atoms with van der Waals surface area (Å²) in [5.74, 6) is -0.604. The van der Waals surface area contributed by atoms with Gasteiger partial charge in [-0.05, 0) is 54.3 Å². The third-order valence-electron chi connectivity index (χ3n) is 3.88. The molecule has 0 aliphatic heterocycles. The number of halogens is 2. The van der Waals surface area contributed by atoms with Crippen LogP contribution in [0.2, 0.25) is 10.0 Å². The molecular weight excluding hydrogens is 343 g/mol. The first-order chi connectivity index (χ1) is 11.5. The van der Waals surface area contributed by atoms with Crippen LogP contribution in [0.25, 0.3) is 6.08 Å². The Balaban J connectivity index is 2.16. The molecule has 4 heteroatoms. The van der Waals surface area contributed by atoms with Crippen molar-refractivity contribution in [1.82, 2.24) is 0 Å². The number of aliphatic hydroxyl groups excluding tert-OH is 1. The highest BCUT2D eigenvalue weighted by Crippen LogP contribution is 2.20. The standard InChI is InChI=1S/C20H20Cl2O2/c1-2-19(23)18(13-15-6-4-8-17(22)12-15)20(24)10-9-14-5-3-7-16(21)11-14/h3-12,18-19,23H,2,13H2,1H3.